The van der Waals surface area contributed by atoms with Gasteiger partial charge >= 0.3 is 0 Å². The van der Waals surface area contributed by atoms with E-state index < -0.39 is 0 Å². The quantitative estimate of drug-likeness (QED) is 0.697. The molecule has 0 bridgehead atoms. The zero-order chi connectivity index (χ0) is 8.72. The number of aryl methyl sites for hydroxylation is 1. The first-order chi connectivity index (χ1) is 5.70. The van der Waals surface area contributed by atoms with E-state index in [1.54, 1.807) is 4.68 Å². The van der Waals surface area contributed by atoms with E-state index >= 15 is 0 Å². The van der Waals surface area contributed by atoms with Crippen LogP contribution in [0.4, 0.5) is 5.69 Å². The molecule has 0 aliphatic rings. The largest absolute Gasteiger partial charge is 0.398 e. The predicted octanol–water partition coefficient (Wildman–Crippen LogP) is 1.92. The summed E-state index contributed by atoms with van der Waals surface area (Å²) >= 11 is 3.42. The van der Waals surface area contributed by atoms with Crippen molar-refractivity contribution < 1.29 is 0 Å². The Morgan fingerprint density at radius 1 is 1.50 bits per heavy atom. The van der Waals surface area contributed by atoms with Crippen LogP contribution in [0, 0.1) is 0 Å². The molecule has 4 heteroatoms. The molecule has 0 unspecified atom stereocenters. The van der Waals surface area contributed by atoms with Gasteiger partial charge in [0.15, 0.2) is 0 Å². The molecule has 2 rings (SSSR count). The minimum Gasteiger partial charge on any atom is -0.398 e. The zero-order valence-corrected chi connectivity index (χ0v) is 8.17. The molecule has 2 aromatic rings. The van der Waals surface area contributed by atoms with Crippen molar-refractivity contribution in [2.24, 2.45) is 7.05 Å². The summed E-state index contributed by atoms with van der Waals surface area (Å²) in [5.41, 5.74) is 7.46. The van der Waals surface area contributed by atoms with Crippen molar-refractivity contribution in [3.05, 3.63) is 22.8 Å². The number of benzene rings is 1. The first-order valence-electron chi connectivity index (χ1n) is 3.57. The molecule has 2 N–H and O–H groups in total. The van der Waals surface area contributed by atoms with Gasteiger partial charge in [-0.1, -0.05) is 6.07 Å². The van der Waals surface area contributed by atoms with Crippen molar-refractivity contribution in [1.82, 2.24) is 9.78 Å². The molecule has 62 valence electrons. The van der Waals surface area contributed by atoms with E-state index in [2.05, 4.69) is 21.0 Å². The molecule has 12 heavy (non-hydrogen) atoms. The number of rotatable bonds is 0. The van der Waals surface area contributed by atoms with Crippen LogP contribution in [0.1, 0.15) is 0 Å². The van der Waals surface area contributed by atoms with E-state index in [9.17, 15) is 0 Å². The van der Waals surface area contributed by atoms with Gasteiger partial charge in [0, 0.05) is 12.7 Å². The van der Waals surface area contributed by atoms with Crippen molar-refractivity contribution in [2.75, 3.05) is 5.73 Å². The summed E-state index contributed by atoms with van der Waals surface area (Å²) < 4.78 is 2.69. The lowest BCUT2D eigenvalue weighted by Gasteiger charge is -1.94. The number of nitrogen functional groups attached to an aromatic ring is 1. The number of hydrogen-bond donors (Lipinski definition) is 1. The molecule has 0 radical (unpaired) electrons. The van der Waals surface area contributed by atoms with Crippen LogP contribution in [-0.2, 0) is 7.05 Å². The monoisotopic (exact) mass is 225 g/mol. The third kappa shape index (κ3) is 0.914. The van der Waals surface area contributed by atoms with Crippen LogP contribution in [0.2, 0.25) is 0 Å². The van der Waals surface area contributed by atoms with E-state index in [4.69, 9.17) is 5.73 Å². The number of fused-ring (bicyclic) bond motifs is 1. The minimum absolute atomic E-state index is 0.757. The lowest BCUT2D eigenvalue weighted by molar-refractivity contribution is 0.761. The predicted molar refractivity (Wildman–Crippen MR) is 52.8 cm³/mol. The third-order valence-electron chi connectivity index (χ3n) is 1.82. The highest BCUT2D eigenvalue weighted by molar-refractivity contribution is 9.10. The molecule has 0 atom stereocenters. The van der Waals surface area contributed by atoms with E-state index in [0.29, 0.717) is 0 Å². The Morgan fingerprint density at radius 2 is 2.25 bits per heavy atom. The second-order valence-electron chi connectivity index (χ2n) is 2.66. The van der Waals surface area contributed by atoms with Gasteiger partial charge in [0.05, 0.1) is 10.9 Å². The highest BCUT2D eigenvalue weighted by Gasteiger charge is 2.07. The Morgan fingerprint density at radius 3 is 2.92 bits per heavy atom. The molecule has 0 aliphatic carbocycles. The Hall–Kier alpha value is -1.03. The number of halogens is 1. The number of hydrogen-bond acceptors (Lipinski definition) is 2. The van der Waals surface area contributed by atoms with Gasteiger partial charge in [0.2, 0.25) is 0 Å². The molecule has 0 aliphatic heterocycles. The van der Waals surface area contributed by atoms with Crippen LogP contribution < -0.4 is 5.73 Å². The Bertz CT molecular complexity index is 433. The van der Waals surface area contributed by atoms with Crippen molar-refractivity contribution in [2.45, 2.75) is 0 Å². The van der Waals surface area contributed by atoms with E-state index in [-0.39, 0.29) is 0 Å². The van der Waals surface area contributed by atoms with Crippen LogP contribution >= 0.6 is 15.9 Å². The molecule has 0 saturated heterocycles. The Kier molecular flexibility index (Phi) is 1.58. The first-order valence-corrected chi connectivity index (χ1v) is 4.36. The molecule has 0 spiro atoms. The maximum absolute atomic E-state index is 5.79. The molecule has 0 amide bonds. The summed E-state index contributed by atoms with van der Waals surface area (Å²) in [7, 11) is 1.88. The average Bonchev–Trinajstić information content (AvgIpc) is 2.29. The third-order valence-corrected chi connectivity index (χ3v) is 2.73. The standard InChI is InChI=1S/C8H8BrN3/c1-12-8(9)7-5(10)3-2-4-6(7)11-12/h2-4H,10H2,1H3. The summed E-state index contributed by atoms with van der Waals surface area (Å²) in [6.07, 6.45) is 0. The van der Waals surface area contributed by atoms with Gasteiger partial charge in [-0.25, -0.2) is 0 Å². The van der Waals surface area contributed by atoms with Gasteiger partial charge in [0.25, 0.3) is 0 Å². The maximum Gasteiger partial charge on any atom is 0.113 e. The zero-order valence-electron chi connectivity index (χ0n) is 6.58. The molecular formula is C8H8BrN3. The van der Waals surface area contributed by atoms with E-state index in [1.165, 1.54) is 0 Å². The molecule has 0 saturated carbocycles. The molecule has 1 aromatic carbocycles. The fraction of sp³-hybridized carbons (Fsp3) is 0.125. The van der Waals surface area contributed by atoms with E-state index in [0.717, 1.165) is 21.2 Å². The lowest BCUT2D eigenvalue weighted by Crippen LogP contribution is -1.88. The van der Waals surface area contributed by atoms with Gasteiger partial charge in [0.1, 0.15) is 4.60 Å². The fourth-order valence-electron chi connectivity index (χ4n) is 1.23. The fourth-order valence-corrected chi connectivity index (χ4v) is 1.74. The maximum atomic E-state index is 5.79. The lowest BCUT2D eigenvalue weighted by atomic mass is 10.2. The summed E-state index contributed by atoms with van der Waals surface area (Å²) in [6, 6.07) is 5.71. The van der Waals surface area contributed by atoms with Crippen LogP contribution in [0.25, 0.3) is 10.9 Å². The highest BCUT2D eigenvalue weighted by Crippen LogP contribution is 2.27. The second-order valence-corrected chi connectivity index (χ2v) is 3.41. The van der Waals surface area contributed by atoms with Gasteiger partial charge in [-0.15, -0.1) is 0 Å². The smallest absolute Gasteiger partial charge is 0.113 e. The van der Waals surface area contributed by atoms with Gasteiger partial charge in [-0.2, -0.15) is 5.10 Å². The van der Waals surface area contributed by atoms with Crippen molar-refractivity contribution in [1.29, 1.82) is 0 Å². The van der Waals surface area contributed by atoms with Crippen LogP contribution in [0.15, 0.2) is 22.8 Å². The molecule has 0 fully saturated rings. The highest BCUT2D eigenvalue weighted by atomic mass is 79.9. The summed E-state index contributed by atoms with van der Waals surface area (Å²) in [5.74, 6) is 0. The van der Waals surface area contributed by atoms with Gasteiger partial charge in [-0.3, -0.25) is 4.68 Å². The van der Waals surface area contributed by atoms with Gasteiger partial charge < -0.3 is 5.73 Å². The SMILES string of the molecule is Cn1nc2cccc(N)c2c1Br. The van der Waals surface area contributed by atoms with Crippen molar-refractivity contribution >= 4 is 32.5 Å². The van der Waals surface area contributed by atoms with Gasteiger partial charge in [-0.05, 0) is 28.1 Å². The molecule has 3 nitrogen and oxygen atoms in total. The average molecular weight is 226 g/mol. The molecule has 1 aromatic heterocycles. The Labute approximate surface area is 78.3 Å². The van der Waals surface area contributed by atoms with Crippen molar-refractivity contribution in [3.63, 3.8) is 0 Å². The normalized spacial score (nSPS) is 10.8. The first kappa shape index (κ1) is 7.61. The summed E-state index contributed by atoms with van der Waals surface area (Å²) in [4.78, 5) is 0. The Balaban J connectivity index is 2.97. The van der Waals surface area contributed by atoms with Crippen LogP contribution in [-0.4, -0.2) is 9.78 Å². The van der Waals surface area contributed by atoms with Crippen LogP contribution in [0.3, 0.4) is 0 Å². The summed E-state index contributed by atoms with van der Waals surface area (Å²) in [6.45, 7) is 0. The van der Waals surface area contributed by atoms with Crippen LogP contribution in [0.5, 0.6) is 0 Å². The number of nitrogens with zero attached hydrogens (tertiary/aromatic N) is 2. The summed E-state index contributed by atoms with van der Waals surface area (Å²) in [5, 5.41) is 5.25. The number of nitrogens with two attached hydrogens (primary N) is 1. The number of anilines is 1. The molecular weight excluding hydrogens is 218 g/mol. The van der Waals surface area contributed by atoms with Crippen molar-refractivity contribution in [3.8, 4) is 0 Å². The van der Waals surface area contributed by atoms with E-state index in [1.807, 2.05) is 25.2 Å². The second kappa shape index (κ2) is 2.48. The minimum atomic E-state index is 0.757. The molecule has 1 heterocycles. The number of aromatic nitrogens is 2. The topological polar surface area (TPSA) is 43.8 Å².